The highest BCUT2D eigenvalue weighted by molar-refractivity contribution is 5.91. The molecule has 31 heavy (non-hydrogen) atoms. The molecular formula is C22H33N7O2. The second-order valence-electron chi connectivity index (χ2n) is 8.94. The fraction of sp³-hybridized carbons (Fsp3) is 0.636. The van der Waals surface area contributed by atoms with E-state index in [9.17, 15) is 9.59 Å². The van der Waals surface area contributed by atoms with E-state index >= 15 is 0 Å². The Bertz CT molecular complexity index is 933. The van der Waals surface area contributed by atoms with Crippen molar-refractivity contribution < 1.29 is 9.59 Å². The first-order valence-electron chi connectivity index (χ1n) is 11.3. The average molecular weight is 428 g/mol. The van der Waals surface area contributed by atoms with E-state index in [1.165, 1.54) is 6.42 Å². The number of nitrogens with zero attached hydrogens (tertiary/aromatic N) is 6. The quantitative estimate of drug-likeness (QED) is 0.810. The molecule has 0 aliphatic carbocycles. The minimum absolute atomic E-state index is 0.131. The van der Waals surface area contributed by atoms with Crippen molar-refractivity contribution in [2.75, 3.05) is 44.6 Å². The van der Waals surface area contributed by atoms with Crippen LogP contribution in [-0.2, 0) is 4.79 Å². The smallest absolute Gasteiger partial charge is 0.321 e. The van der Waals surface area contributed by atoms with Gasteiger partial charge in [0.25, 0.3) is 0 Å². The maximum absolute atomic E-state index is 12.7. The molecule has 9 heteroatoms. The average Bonchev–Trinajstić information content (AvgIpc) is 3.18. The van der Waals surface area contributed by atoms with Gasteiger partial charge in [0.05, 0.1) is 24.6 Å². The predicted molar refractivity (Wildman–Crippen MR) is 120 cm³/mol. The largest absolute Gasteiger partial charge is 0.339 e. The van der Waals surface area contributed by atoms with Gasteiger partial charge in [-0.25, -0.2) is 14.5 Å². The Morgan fingerprint density at radius 2 is 1.90 bits per heavy atom. The number of hydrogen-bond donors (Lipinski definition) is 1. The van der Waals surface area contributed by atoms with Crippen molar-refractivity contribution >= 4 is 28.7 Å². The molecule has 2 fully saturated rings. The van der Waals surface area contributed by atoms with E-state index in [4.69, 9.17) is 0 Å². The van der Waals surface area contributed by atoms with Gasteiger partial charge in [-0.1, -0.05) is 0 Å². The third kappa shape index (κ3) is 4.81. The number of pyridine rings is 1. The minimum atomic E-state index is -0.131. The van der Waals surface area contributed by atoms with Gasteiger partial charge in [0.2, 0.25) is 5.91 Å². The number of hydrogen-bond acceptors (Lipinski definition) is 5. The summed E-state index contributed by atoms with van der Waals surface area (Å²) in [4.78, 5) is 35.8. The normalized spacial score (nSPS) is 20.5. The molecule has 1 N–H and O–H groups in total. The Morgan fingerprint density at radius 1 is 1.13 bits per heavy atom. The van der Waals surface area contributed by atoms with Gasteiger partial charge in [0, 0.05) is 50.2 Å². The van der Waals surface area contributed by atoms with Crippen molar-refractivity contribution in [3.63, 3.8) is 0 Å². The number of anilines is 1. The van der Waals surface area contributed by atoms with Crippen LogP contribution in [0.1, 0.15) is 46.1 Å². The number of carbonyl (C=O) groups excluding carboxylic acids is 2. The van der Waals surface area contributed by atoms with Gasteiger partial charge in [0.15, 0.2) is 5.65 Å². The fourth-order valence-electron chi connectivity index (χ4n) is 4.45. The molecule has 2 aromatic rings. The van der Waals surface area contributed by atoms with Gasteiger partial charge in [-0.05, 0) is 46.1 Å². The Morgan fingerprint density at radius 3 is 2.61 bits per heavy atom. The Labute approximate surface area is 183 Å². The van der Waals surface area contributed by atoms with Gasteiger partial charge >= 0.3 is 6.03 Å². The van der Waals surface area contributed by atoms with Crippen LogP contribution < -0.4 is 5.32 Å². The van der Waals surface area contributed by atoms with Crippen molar-refractivity contribution in [2.45, 2.75) is 52.1 Å². The SMILES string of the molecule is CC1CCCCN1C(=O)CN1CCN(C(=O)Nc2cnc3c(cnn3C(C)C)c2)CC1. The van der Waals surface area contributed by atoms with Gasteiger partial charge in [0.1, 0.15) is 0 Å². The molecule has 0 bridgehead atoms. The van der Waals surface area contributed by atoms with Crippen molar-refractivity contribution in [3.05, 3.63) is 18.5 Å². The second-order valence-corrected chi connectivity index (χ2v) is 8.94. The molecule has 4 heterocycles. The van der Waals surface area contributed by atoms with E-state index in [1.54, 1.807) is 17.3 Å². The minimum Gasteiger partial charge on any atom is -0.339 e. The number of likely N-dealkylation sites (tertiary alicyclic amines) is 1. The summed E-state index contributed by atoms with van der Waals surface area (Å²) in [5.41, 5.74) is 1.48. The molecule has 2 aromatic heterocycles. The number of rotatable bonds is 4. The first-order valence-corrected chi connectivity index (χ1v) is 11.3. The lowest BCUT2D eigenvalue weighted by molar-refractivity contribution is -0.136. The third-order valence-corrected chi connectivity index (χ3v) is 6.32. The van der Waals surface area contributed by atoms with Gasteiger partial charge < -0.3 is 15.1 Å². The zero-order valence-electron chi connectivity index (χ0n) is 18.8. The van der Waals surface area contributed by atoms with E-state index in [1.807, 2.05) is 15.6 Å². The third-order valence-electron chi connectivity index (χ3n) is 6.32. The van der Waals surface area contributed by atoms with E-state index in [-0.39, 0.29) is 18.0 Å². The lowest BCUT2D eigenvalue weighted by Crippen LogP contribution is -2.53. The van der Waals surface area contributed by atoms with Crippen LogP contribution in [0.15, 0.2) is 18.5 Å². The molecule has 9 nitrogen and oxygen atoms in total. The van der Waals surface area contributed by atoms with Crippen molar-refractivity contribution in [2.24, 2.45) is 0 Å². The summed E-state index contributed by atoms with van der Waals surface area (Å²) in [5.74, 6) is 0.214. The lowest BCUT2D eigenvalue weighted by atomic mass is 10.0. The van der Waals surface area contributed by atoms with Crippen LogP contribution >= 0.6 is 0 Å². The number of fused-ring (bicyclic) bond motifs is 1. The Kier molecular flexibility index (Phi) is 6.41. The molecule has 0 spiro atoms. The summed E-state index contributed by atoms with van der Waals surface area (Å²) >= 11 is 0. The maximum atomic E-state index is 12.7. The van der Waals surface area contributed by atoms with Crippen molar-refractivity contribution in [3.8, 4) is 0 Å². The number of piperidine rings is 1. The van der Waals surface area contributed by atoms with Crippen LogP contribution in [0.2, 0.25) is 0 Å². The fourth-order valence-corrected chi connectivity index (χ4v) is 4.45. The summed E-state index contributed by atoms with van der Waals surface area (Å²) in [6, 6.07) is 2.34. The molecule has 0 aromatic carbocycles. The van der Waals surface area contributed by atoms with Crippen molar-refractivity contribution in [1.29, 1.82) is 0 Å². The van der Waals surface area contributed by atoms with E-state index in [0.29, 0.717) is 44.5 Å². The summed E-state index contributed by atoms with van der Waals surface area (Å²) in [7, 11) is 0. The standard InChI is InChI=1S/C22H33N7O2/c1-16(2)29-21-18(13-24-29)12-19(14-23-21)25-22(31)27-10-8-26(9-11-27)15-20(30)28-7-5-4-6-17(28)3/h12-14,16-17H,4-11,15H2,1-3H3,(H,25,31). The molecule has 2 saturated heterocycles. The zero-order valence-corrected chi connectivity index (χ0v) is 18.8. The zero-order chi connectivity index (χ0) is 22.0. The Hall–Kier alpha value is -2.68. The van der Waals surface area contributed by atoms with Gasteiger partial charge in [-0.3, -0.25) is 9.69 Å². The van der Waals surface area contributed by atoms with E-state index < -0.39 is 0 Å². The number of piperazine rings is 1. The molecular weight excluding hydrogens is 394 g/mol. The molecule has 2 aliphatic rings. The highest BCUT2D eigenvalue weighted by Crippen LogP contribution is 2.20. The van der Waals surface area contributed by atoms with Crippen molar-refractivity contribution in [1.82, 2.24) is 29.5 Å². The van der Waals surface area contributed by atoms with Crippen LogP contribution in [0.25, 0.3) is 11.0 Å². The molecule has 168 valence electrons. The molecule has 0 radical (unpaired) electrons. The summed E-state index contributed by atoms with van der Waals surface area (Å²) in [5, 5.41) is 8.22. The van der Waals surface area contributed by atoms with Crippen LogP contribution in [-0.4, -0.2) is 86.7 Å². The van der Waals surface area contributed by atoms with Gasteiger partial charge in [-0.2, -0.15) is 5.10 Å². The van der Waals surface area contributed by atoms with Crippen LogP contribution in [0.3, 0.4) is 0 Å². The lowest BCUT2D eigenvalue weighted by Gasteiger charge is -2.38. The number of amides is 3. The summed E-state index contributed by atoms with van der Waals surface area (Å²) in [6.45, 7) is 10.2. The summed E-state index contributed by atoms with van der Waals surface area (Å²) in [6.07, 6.45) is 6.86. The van der Waals surface area contributed by atoms with Crippen LogP contribution in [0.5, 0.6) is 0 Å². The number of carbonyl (C=O) groups is 2. The second kappa shape index (κ2) is 9.21. The molecule has 2 aliphatic heterocycles. The van der Waals surface area contributed by atoms with Crippen LogP contribution in [0.4, 0.5) is 10.5 Å². The molecule has 1 unspecified atom stereocenters. The maximum Gasteiger partial charge on any atom is 0.321 e. The number of urea groups is 1. The first-order chi connectivity index (χ1) is 14.9. The predicted octanol–water partition coefficient (Wildman–Crippen LogP) is 2.56. The van der Waals surface area contributed by atoms with E-state index in [0.717, 1.165) is 30.4 Å². The monoisotopic (exact) mass is 427 g/mol. The highest BCUT2D eigenvalue weighted by atomic mass is 16.2. The Balaban J connectivity index is 1.28. The molecule has 4 rings (SSSR count). The molecule has 0 saturated carbocycles. The number of aromatic nitrogens is 3. The van der Waals surface area contributed by atoms with Crippen LogP contribution in [0, 0.1) is 0 Å². The molecule has 3 amide bonds. The summed E-state index contributed by atoms with van der Waals surface area (Å²) < 4.78 is 1.87. The van der Waals surface area contributed by atoms with Gasteiger partial charge in [-0.15, -0.1) is 0 Å². The topological polar surface area (TPSA) is 86.6 Å². The number of nitrogens with one attached hydrogen (secondary N) is 1. The van der Waals surface area contributed by atoms with E-state index in [2.05, 4.69) is 41.1 Å². The first kappa shape index (κ1) is 21.5. The molecule has 1 atom stereocenters. The highest BCUT2D eigenvalue weighted by Gasteiger charge is 2.27.